The Hall–Kier alpha value is -0.930. The first-order chi connectivity index (χ1) is 8.19. The minimum absolute atomic E-state index is 0.263. The van der Waals surface area contributed by atoms with Crippen molar-refractivity contribution in [3.63, 3.8) is 0 Å². The van der Waals surface area contributed by atoms with E-state index in [9.17, 15) is 0 Å². The highest BCUT2D eigenvalue weighted by atomic mass is 35.5. The summed E-state index contributed by atoms with van der Waals surface area (Å²) in [4.78, 5) is 0. The Bertz CT molecular complexity index is 441. The third kappa shape index (κ3) is 1.87. The van der Waals surface area contributed by atoms with Crippen LogP contribution in [0.5, 0.6) is 11.5 Å². The van der Waals surface area contributed by atoms with Crippen LogP contribution in [0.3, 0.4) is 0 Å². The van der Waals surface area contributed by atoms with Crippen molar-refractivity contribution >= 4 is 11.6 Å². The zero-order chi connectivity index (χ0) is 11.9. The van der Waals surface area contributed by atoms with Crippen LogP contribution < -0.4 is 15.2 Å². The van der Waals surface area contributed by atoms with Crippen LogP contribution in [-0.2, 0) is 5.54 Å². The molecule has 3 nitrogen and oxygen atoms in total. The minimum atomic E-state index is -0.305. The maximum absolute atomic E-state index is 6.53. The molecule has 0 saturated heterocycles. The van der Waals surface area contributed by atoms with E-state index in [0.29, 0.717) is 5.02 Å². The molecule has 0 unspecified atom stereocenters. The number of hydrogen-bond acceptors (Lipinski definition) is 3. The third-order valence-corrected chi connectivity index (χ3v) is 3.94. The van der Waals surface area contributed by atoms with Crippen molar-refractivity contribution in [1.82, 2.24) is 0 Å². The van der Waals surface area contributed by atoms with Crippen LogP contribution >= 0.6 is 11.6 Å². The van der Waals surface area contributed by atoms with Gasteiger partial charge < -0.3 is 15.2 Å². The molecular formula is C13H16ClNO2. The van der Waals surface area contributed by atoms with E-state index in [4.69, 9.17) is 26.8 Å². The molecule has 1 aromatic carbocycles. The van der Waals surface area contributed by atoms with E-state index in [1.807, 2.05) is 6.07 Å². The lowest BCUT2D eigenvalue weighted by Crippen LogP contribution is -2.38. The molecule has 0 amide bonds. The largest absolute Gasteiger partial charge is 0.454 e. The topological polar surface area (TPSA) is 44.5 Å². The first-order valence-electron chi connectivity index (χ1n) is 6.08. The highest BCUT2D eigenvalue weighted by molar-refractivity contribution is 6.30. The number of halogens is 1. The minimum Gasteiger partial charge on any atom is -0.454 e. The van der Waals surface area contributed by atoms with Gasteiger partial charge in [0.25, 0.3) is 0 Å². The Labute approximate surface area is 106 Å². The summed E-state index contributed by atoms with van der Waals surface area (Å²) in [5.41, 5.74) is 7.23. The van der Waals surface area contributed by atoms with E-state index in [2.05, 4.69) is 0 Å². The van der Waals surface area contributed by atoms with Gasteiger partial charge in [-0.05, 0) is 18.9 Å². The fraction of sp³-hybridized carbons (Fsp3) is 0.538. The van der Waals surface area contributed by atoms with E-state index in [1.165, 1.54) is 19.3 Å². The molecule has 2 aliphatic rings. The van der Waals surface area contributed by atoms with Crippen molar-refractivity contribution in [2.45, 2.75) is 37.6 Å². The molecule has 92 valence electrons. The molecule has 3 rings (SSSR count). The Balaban J connectivity index is 2.07. The smallest absolute Gasteiger partial charge is 0.231 e. The zero-order valence-electron chi connectivity index (χ0n) is 9.67. The highest BCUT2D eigenvalue weighted by Crippen LogP contribution is 2.46. The quantitative estimate of drug-likeness (QED) is 0.836. The number of benzene rings is 1. The predicted molar refractivity (Wildman–Crippen MR) is 66.5 cm³/mol. The van der Waals surface area contributed by atoms with Gasteiger partial charge in [-0.2, -0.15) is 0 Å². The lowest BCUT2D eigenvalue weighted by Gasteiger charge is -2.34. The zero-order valence-corrected chi connectivity index (χ0v) is 10.4. The molecule has 1 aliphatic heterocycles. The van der Waals surface area contributed by atoms with Gasteiger partial charge in [-0.1, -0.05) is 30.9 Å². The Kier molecular flexibility index (Phi) is 2.68. The number of rotatable bonds is 1. The van der Waals surface area contributed by atoms with Crippen molar-refractivity contribution < 1.29 is 9.47 Å². The van der Waals surface area contributed by atoms with E-state index < -0.39 is 0 Å². The van der Waals surface area contributed by atoms with Gasteiger partial charge in [0.05, 0.1) is 0 Å². The van der Waals surface area contributed by atoms with Gasteiger partial charge in [0, 0.05) is 22.2 Å². The second-order valence-electron chi connectivity index (χ2n) is 4.90. The molecule has 1 aromatic rings. The second-order valence-corrected chi connectivity index (χ2v) is 5.34. The molecule has 0 spiro atoms. The second kappa shape index (κ2) is 4.07. The van der Waals surface area contributed by atoms with E-state index in [0.717, 1.165) is 29.9 Å². The van der Waals surface area contributed by atoms with Gasteiger partial charge >= 0.3 is 0 Å². The van der Waals surface area contributed by atoms with Gasteiger partial charge in [-0.3, -0.25) is 0 Å². The molecule has 1 saturated carbocycles. The van der Waals surface area contributed by atoms with E-state index in [-0.39, 0.29) is 12.3 Å². The molecule has 1 aliphatic carbocycles. The average Bonchev–Trinajstić information content (AvgIpc) is 2.76. The summed E-state index contributed by atoms with van der Waals surface area (Å²) in [7, 11) is 0. The van der Waals surface area contributed by atoms with Crippen molar-refractivity contribution in [1.29, 1.82) is 0 Å². The van der Waals surface area contributed by atoms with Crippen molar-refractivity contribution in [3.8, 4) is 11.5 Å². The standard InChI is InChI=1S/C13H16ClNO2/c14-9-6-10(12-11(7-9)16-8-17-12)13(15)4-2-1-3-5-13/h6-7H,1-5,8,15H2. The molecule has 2 N–H and O–H groups in total. The summed E-state index contributed by atoms with van der Waals surface area (Å²) in [5.74, 6) is 1.52. The van der Waals surface area contributed by atoms with Gasteiger partial charge in [0.15, 0.2) is 11.5 Å². The van der Waals surface area contributed by atoms with E-state index in [1.54, 1.807) is 6.07 Å². The van der Waals surface area contributed by atoms with Gasteiger partial charge in [-0.25, -0.2) is 0 Å². The van der Waals surface area contributed by atoms with Crippen molar-refractivity contribution in [2.75, 3.05) is 6.79 Å². The lowest BCUT2D eigenvalue weighted by atomic mass is 9.77. The Morgan fingerprint density at radius 1 is 1.12 bits per heavy atom. The maximum Gasteiger partial charge on any atom is 0.231 e. The number of hydrogen-bond donors (Lipinski definition) is 1. The first-order valence-corrected chi connectivity index (χ1v) is 6.45. The highest BCUT2D eigenvalue weighted by Gasteiger charge is 2.35. The summed E-state index contributed by atoms with van der Waals surface area (Å²) in [5, 5.41) is 0.666. The van der Waals surface area contributed by atoms with Crippen molar-refractivity contribution in [2.24, 2.45) is 5.73 Å². The van der Waals surface area contributed by atoms with Crippen LogP contribution in [0.1, 0.15) is 37.7 Å². The summed E-state index contributed by atoms with van der Waals surface area (Å²) >= 11 is 6.12. The molecule has 0 atom stereocenters. The Morgan fingerprint density at radius 3 is 2.65 bits per heavy atom. The van der Waals surface area contributed by atoms with E-state index >= 15 is 0 Å². The van der Waals surface area contributed by atoms with Crippen LogP contribution in [0.4, 0.5) is 0 Å². The summed E-state index contributed by atoms with van der Waals surface area (Å²) in [6.07, 6.45) is 5.57. The molecule has 4 heteroatoms. The Morgan fingerprint density at radius 2 is 1.88 bits per heavy atom. The van der Waals surface area contributed by atoms with Gasteiger partial charge in [0.2, 0.25) is 6.79 Å². The fourth-order valence-corrected chi connectivity index (χ4v) is 3.01. The van der Waals surface area contributed by atoms with Crippen LogP contribution in [-0.4, -0.2) is 6.79 Å². The fourth-order valence-electron chi connectivity index (χ4n) is 2.80. The van der Waals surface area contributed by atoms with Crippen molar-refractivity contribution in [3.05, 3.63) is 22.7 Å². The van der Waals surface area contributed by atoms with Crippen LogP contribution in [0.2, 0.25) is 5.02 Å². The molecule has 1 fully saturated rings. The summed E-state index contributed by atoms with van der Waals surface area (Å²) in [6, 6.07) is 3.72. The molecule has 17 heavy (non-hydrogen) atoms. The summed E-state index contributed by atoms with van der Waals surface area (Å²) < 4.78 is 10.9. The number of fused-ring (bicyclic) bond motifs is 1. The SMILES string of the molecule is NC1(c2cc(Cl)cc3c2OCO3)CCCCC1. The van der Waals surface area contributed by atoms with Gasteiger partial charge in [0.1, 0.15) is 0 Å². The molecule has 0 bridgehead atoms. The average molecular weight is 254 g/mol. The molecule has 0 aromatic heterocycles. The lowest BCUT2D eigenvalue weighted by molar-refractivity contribution is 0.170. The normalized spacial score (nSPS) is 21.5. The number of ether oxygens (including phenoxy) is 2. The molecule has 0 radical (unpaired) electrons. The maximum atomic E-state index is 6.53. The van der Waals surface area contributed by atoms with Gasteiger partial charge in [-0.15, -0.1) is 0 Å². The predicted octanol–water partition coefficient (Wildman–Crippen LogP) is 3.19. The summed E-state index contributed by atoms with van der Waals surface area (Å²) in [6.45, 7) is 0.263. The van der Waals surface area contributed by atoms with Crippen LogP contribution in [0.25, 0.3) is 0 Å². The molecule has 1 heterocycles. The van der Waals surface area contributed by atoms with Crippen LogP contribution in [0, 0.1) is 0 Å². The monoisotopic (exact) mass is 253 g/mol. The molecular weight excluding hydrogens is 238 g/mol. The van der Waals surface area contributed by atoms with Crippen LogP contribution in [0.15, 0.2) is 12.1 Å². The first kappa shape index (κ1) is 11.2. The third-order valence-electron chi connectivity index (χ3n) is 3.72. The number of nitrogens with two attached hydrogens (primary N) is 1.